The smallest absolute Gasteiger partial charge is 0.128 e. The Morgan fingerprint density at radius 2 is 2.26 bits per heavy atom. The molecule has 19 heavy (non-hydrogen) atoms. The summed E-state index contributed by atoms with van der Waals surface area (Å²) in [5, 5.41) is 3.53. The van der Waals surface area contributed by atoms with Gasteiger partial charge in [0.05, 0.1) is 6.04 Å². The van der Waals surface area contributed by atoms with Crippen LogP contribution < -0.4 is 5.32 Å². The first-order valence-electron chi connectivity index (χ1n) is 6.99. The minimum Gasteiger partial charge on any atom is -0.309 e. The van der Waals surface area contributed by atoms with Gasteiger partial charge in [0.25, 0.3) is 0 Å². The Balaban J connectivity index is 2.22. The number of hydrogen-bond donors (Lipinski definition) is 1. The molecule has 4 heteroatoms. The fourth-order valence-corrected chi connectivity index (χ4v) is 3.81. The van der Waals surface area contributed by atoms with Gasteiger partial charge in [0, 0.05) is 29.7 Å². The van der Waals surface area contributed by atoms with Gasteiger partial charge in [-0.3, -0.25) is 4.90 Å². The normalized spacial score (nSPS) is 22.4. The van der Waals surface area contributed by atoms with Gasteiger partial charge in [0.15, 0.2) is 0 Å². The van der Waals surface area contributed by atoms with E-state index >= 15 is 0 Å². The zero-order valence-electron chi connectivity index (χ0n) is 11.7. The van der Waals surface area contributed by atoms with Gasteiger partial charge in [-0.2, -0.15) is 11.8 Å². The van der Waals surface area contributed by atoms with Gasteiger partial charge in [-0.25, -0.2) is 4.39 Å². The summed E-state index contributed by atoms with van der Waals surface area (Å²) in [5.74, 6) is 2.14. The minimum atomic E-state index is -0.0972. The molecule has 1 saturated heterocycles. The fraction of sp³-hybridized carbons (Fsp3) is 0.600. The molecule has 2 nitrogen and oxygen atoms in total. The molecule has 106 valence electrons. The van der Waals surface area contributed by atoms with E-state index in [0.29, 0.717) is 6.04 Å². The van der Waals surface area contributed by atoms with Gasteiger partial charge in [-0.05, 0) is 26.1 Å². The number of likely N-dealkylation sites (N-methyl/N-ethyl adjacent to an activating group) is 1. The Hall–Kier alpha value is -0.580. The van der Waals surface area contributed by atoms with Crippen molar-refractivity contribution in [3.8, 4) is 0 Å². The third-order valence-electron chi connectivity index (χ3n) is 3.68. The summed E-state index contributed by atoms with van der Waals surface area (Å²) in [6.07, 6.45) is 1.06. The molecule has 1 aliphatic rings. The molecule has 0 aromatic heterocycles. The molecule has 0 amide bonds. The molecule has 1 N–H and O–H groups in total. The first-order valence-corrected chi connectivity index (χ1v) is 8.15. The van der Waals surface area contributed by atoms with Crippen molar-refractivity contribution < 1.29 is 4.39 Å². The van der Waals surface area contributed by atoms with Crippen LogP contribution in [-0.2, 0) is 0 Å². The zero-order chi connectivity index (χ0) is 13.7. The van der Waals surface area contributed by atoms with Crippen molar-refractivity contribution in [1.29, 1.82) is 0 Å². The van der Waals surface area contributed by atoms with E-state index in [-0.39, 0.29) is 11.9 Å². The minimum absolute atomic E-state index is 0.0824. The van der Waals surface area contributed by atoms with Gasteiger partial charge in [0.2, 0.25) is 0 Å². The van der Waals surface area contributed by atoms with Crippen molar-refractivity contribution in [1.82, 2.24) is 10.2 Å². The molecule has 1 aliphatic heterocycles. The van der Waals surface area contributed by atoms with Crippen LogP contribution in [0, 0.1) is 5.82 Å². The van der Waals surface area contributed by atoms with Crippen LogP contribution in [-0.4, -0.2) is 42.6 Å². The molecule has 0 bridgehead atoms. The predicted molar refractivity (Wildman–Crippen MR) is 81.2 cm³/mol. The lowest BCUT2D eigenvalue weighted by Gasteiger charge is -2.38. The summed E-state index contributed by atoms with van der Waals surface area (Å²) in [6.45, 7) is 4.15. The quantitative estimate of drug-likeness (QED) is 0.894. The number of nitrogens with zero attached hydrogens (tertiary/aromatic N) is 1. The fourth-order valence-electron chi connectivity index (χ4n) is 2.54. The predicted octanol–water partition coefficient (Wildman–Crippen LogP) is 2.91. The van der Waals surface area contributed by atoms with E-state index in [2.05, 4.69) is 24.2 Å². The average molecular weight is 282 g/mol. The maximum absolute atomic E-state index is 14.1. The summed E-state index contributed by atoms with van der Waals surface area (Å²) >= 11 is 1.96. The van der Waals surface area contributed by atoms with E-state index in [1.54, 1.807) is 12.1 Å². The second kappa shape index (κ2) is 7.27. The van der Waals surface area contributed by atoms with Crippen LogP contribution in [0.3, 0.4) is 0 Å². The van der Waals surface area contributed by atoms with E-state index in [9.17, 15) is 4.39 Å². The van der Waals surface area contributed by atoms with Crippen LogP contribution in [0.25, 0.3) is 0 Å². The molecule has 0 radical (unpaired) electrons. The first-order chi connectivity index (χ1) is 9.24. The van der Waals surface area contributed by atoms with Crippen LogP contribution in [0.2, 0.25) is 0 Å². The summed E-state index contributed by atoms with van der Waals surface area (Å²) in [7, 11) is 2.14. The SMILES string of the molecule is CCCNC(c1ccccc1F)C1CSCCN1C. The van der Waals surface area contributed by atoms with Crippen molar-refractivity contribution in [2.45, 2.75) is 25.4 Å². The Morgan fingerprint density at radius 3 is 2.95 bits per heavy atom. The largest absolute Gasteiger partial charge is 0.309 e. The van der Waals surface area contributed by atoms with Crippen molar-refractivity contribution in [2.24, 2.45) is 0 Å². The Labute approximate surface area is 119 Å². The van der Waals surface area contributed by atoms with Crippen molar-refractivity contribution in [2.75, 3.05) is 31.6 Å². The Kier molecular flexibility index (Phi) is 5.67. The molecule has 1 aromatic carbocycles. The highest BCUT2D eigenvalue weighted by Crippen LogP contribution is 2.28. The lowest BCUT2D eigenvalue weighted by Crippen LogP contribution is -2.48. The number of thioether (sulfide) groups is 1. The van der Waals surface area contributed by atoms with Gasteiger partial charge in [0.1, 0.15) is 5.82 Å². The van der Waals surface area contributed by atoms with E-state index in [0.717, 1.165) is 30.8 Å². The number of rotatable bonds is 5. The number of hydrogen-bond acceptors (Lipinski definition) is 3. The van der Waals surface area contributed by atoms with E-state index in [4.69, 9.17) is 0 Å². The standard InChI is InChI=1S/C15H23FN2S/c1-3-8-17-15(12-6-4-5-7-13(12)16)14-11-19-10-9-18(14)2/h4-7,14-15,17H,3,8-11H2,1-2H3. The Bertz CT molecular complexity index is 399. The third kappa shape index (κ3) is 3.71. The monoisotopic (exact) mass is 282 g/mol. The molecular formula is C15H23FN2S. The highest BCUT2D eigenvalue weighted by Gasteiger charge is 2.30. The highest BCUT2D eigenvalue weighted by molar-refractivity contribution is 7.99. The van der Waals surface area contributed by atoms with Crippen LogP contribution in [0.15, 0.2) is 24.3 Å². The average Bonchev–Trinajstić information content (AvgIpc) is 2.42. The van der Waals surface area contributed by atoms with Crippen LogP contribution in [0.5, 0.6) is 0 Å². The molecular weight excluding hydrogens is 259 g/mol. The highest BCUT2D eigenvalue weighted by atomic mass is 32.2. The molecule has 0 spiro atoms. The van der Waals surface area contributed by atoms with E-state index in [1.165, 1.54) is 5.75 Å². The lowest BCUT2D eigenvalue weighted by atomic mass is 9.98. The third-order valence-corrected chi connectivity index (χ3v) is 4.73. The van der Waals surface area contributed by atoms with Crippen molar-refractivity contribution in [3.05, 3.63) is 35.6 Å². The molecule has 1 fully saturated rings. The summed E-state index contributed by atoms with van der Waals surface area (Å²) in [4.78, 5) is 2.36. The molecule has 1 aromatic rings. The molecule has 2 unspecified atom stereocenters. The van der Waals surface area contributed by atoms with Crippen LogP contribution in [0.1, 0.15) is 24.9 Å². The summed E-state index contributed by atoms with van der Waals surface area (Å²) in [6, 6.07) is 7.60. The van der Waals surface area contributed by atoms with Crippen molar-refractivity contribution >= 4 is 11.8 Å². The topological polar surface area (TPSA) is 15.3 Å². The molecule has 2 rings (SSSR count). The zero-order valence-corrected chi connectivity index (χ0v) is 12.5. The Morgan fingerprint density at radius 1 is 1.47 bits per heavy atom. The first kappa shape index (κ1) is 14.8. The number of nitrogens with one attached hydrogen (secondary N) is 1. The van der Waals surface area contributed by atoms with Gasteiger partial charge in [-0.1, -0.05) is 25.1 Å². The van der Waals surface area contributed by atoms with Crippen molar-refractivity contribution in [3.63, 3.8) is 0 Å². The van der Waals surface area contributed by atoms with Gasteiger partial charge < -0.3 is 5.32 Å². The van der Waals surface area contributed by atoms with E-state index < -0.39 is 0 Å². The molecule has 0 aliphatic carbocycles. The summed E-state index contributed by atoms with van der Waals surface area (Å²) in [5.41, 5.74) is 0.801. The lowest BCUT2D eigenvalue weighted by molar-refractivity contribution is 0.213. The van der Waals surface area contributed by atoms with Crippen LogP contribution in [0.4, 0.5) is 4.39 Å². The molecule has 0 saturated carbocycles. The number of halogens is 1. The number of benzene rings is 1. The summed E-state index contributed by atoms with van der Waals surface area (Å²) < 4.78 is 14.1. The van der Waals surface area contributed by atoms with Crippen LogP contribution >= 0.6 is 11.8 Å². The molecule has 1 heterocycles. The second-order valence-electron chi connectivity index (χ2n) is 5.08. The van der Waals surface area contributed by atoms with Gasteiger partial charge >= 0.3 is 0 Å². The maximum atomic E-state index is 14.1. The maximum Gasteiger partial charge on any atom is 0.128 e. The molecule has 2 atom stereocenters. The van der Waals surface area contributed by atoms with Gasteiger partial charge in [-0.15, -0.1) is 0 Å². The van der Waals surface area contributed by atoms with E-state index in [1.807, 2.05) is 23.9 Å². The second-order valence-corrected chi connectivity index (χ2v) is 6.23.